The summed E-state index contributed by atoms with van der Waals surface area (Å²) in [7, 11) is 0. The van der Waals surface area contributed by atoms with Gasteiger partial charge in [-0.3, -0.25) is 0 Å². The van der Waals surface area contributed by atoms with Crippen LogP contribution in [0, 0.1) is 0 Å². The van der Waals surface area contributed by atoms with Crippen molar-refractivity contribution in [2.24, 2.45) is 0 Å². The Balaban J connectivity index is 2.91. The molecule has 4 N–H and O–H groups in total. The van der Waals surface area contributed by atoms with E-state index < -0.39 is 0 Å². The molecule has 0 radical (unpaired) electrons. The number of fused-ring (bicyclic) bond motifs is 1. The molecule has 0 saturated heterocycles. The van der Waals surface area contributed by atoms with E-state index in [-0.39, 0.29) is 17.7 Å². The van der Waals surface area contributed by atoms with Crippen LogP contribution in [0.15, 0.2) is 0 Å². The van der Waals surface area contributed by atoms with Crippen LogP contribution in [0.1, 0.15) is 0 Å². The number of aromatic nitrogens is 6. The molecule has 0 aliphatic heterocycles. The van der Waals surface area contributed by atoms with E-state index in [0.29, 0.717) is 0 Å². The molecule has 11 heavy (non-hydrogen) atoms. The third-order valence-corrected chi connectivity index (χ3v) is 1.11. The molecule has 0 amide bonds. The van der Waals surface area contributed by atoms with Crippen LogP contribution in [0.25, 0.3) is 5.78 Å². The lowest BCUT2D eigenvalue weighted by atomic mass is 10.9. The van der Waals surface area contributed by atoms with Gasteiger partial charge < -0.3 is 11.5 Å². The highest BCUT2D eigenvalue weighted by molar-refractivity contribution is 5.38. The fourth-order valence-corrected chi connectivity index (χ4v) is 0.693. The summed E-state index contributed by atoms with van der Waals surface area (Å²) in [5.41, 5.74) is 10.7. The molecule has 0 unspecified atom stereocenters. The second kappa shape index (κ2) is 1.75. The highest BCUT2D eigenvalue weighted by Gasteiger charge is 2.03. The van der Waals surface area contributed by atoms with Crippen LogP contribution in [0.3, 0.4) is 0 Å². The third kappa shape index (κ3) is 0.723. The van der Waals surface area contributed by atoms with Gasteiger partial charge in [-0.1, -0.05) is 5.10 Å². The first-order chi connectivity index (χ1) is 5.27. The molecule has 8 nitrogen and oxygen atoms in total. The van der Waals surface area contributed by atoms with Crippen LogP contribution in [0.5, 0.6) is 0 Å². The number of nitrogens with zero attached hydrogens (tertiary/aromatic N) is 6. The van der Waals surface area contributed by atoms with E-state index in [1.807, 2.05) is 0 Å². The molecule has 8 heteroatoms. The van der Waals surface area contributed by atoms with Crippen LogP contribution in [0.4, 0.5) is 11.9 Å². The predicted molar refractivity (Wildman–Crippen MR) is 35.2 cm³/mol. The number of hydrogen-bond donors (Lipinski definition) is 2. The van der Waals surface area contributed by atoms with Gasteiger partial charge in [0.2, 0.25) is 11.9 Å². The normalized spacial score (nSPS) is 10.5. The van der Waals surface area contributed by atoms with Crippen molar-refractivity contribution < 1.29 is 0 Å². The number of rotatable bonds is 0. The number of anilines is 2. The SMILES string of the molecule is Nc1nc(N)n2nnnc2n1. The quantitative estimate of drug-likeness (QED) is 0.451. The number of hydrogen-bond acceptors (Lipinski definition) is 7. The Bertz CT molecular complexity index is 389. The average molecular weight is 152 g/mol. The summed E-state index contributed by atoms with van der Waals surface area (Å²) in [5.74, 6) is 0.428. The standard InChI is InChI=1S/C3H4N8/c4-1-6-2(5)11-3(7-1)8-9-10-11/h(H4,4,5,6,7,8,10). The largest absolute Gasteiger partial charge is 0.368 e. The molecule has 56 valence electrons. The van der Waals surface area contributed by atoms with E-state index in [1.165, 1.54) is 4.52 Å². The molecule has 2 aromatic rings. The minimum atomic E-state index is 0.0600. The number of nitrogens with two attached hydrogens (primary N) is 2. The lowest BCUT2D eigenvalue weighted by Crippen LogP contribution is -2.06. The maximum Gasteiger partial charge on any atom is 0.279 e. The van der Waals surface area contributed by atoms with Gasteiger partial charge >= 0.3 is 0 Å². The summed E-state index contributed by atoms with van der Waals surface area (Å²) in [4.78, 5) is 7.35. The van der Waals surface area contributed by atoms with Crippen molar-refractivity contribution in [3.8, 4) is 0 Å². The first-order valence-corrected chi connectivity index (χ1v) is 2.74. The molecule has 0 aliphatic rings. The van der Waals surface area contributed by atoms with Gasteiger partial charge in [0.1, 0.15) is 0 Å². The van der Waals surface area contributed by atoms with E-state index in [2.05, 4.69) is 25.5 Å². The van der Waals surface area contributed by atoms with Crippen molar-refractivity contribution >= 4 is 17.7 Å². The topological polar surface area (TPSA) is 121 Å². The lowest BCUT2D eigenvalue weighted by molar-refractivity contribution is 0.815. The zero-order valence-electron chi connectivity index (χ0n) is 5.34. The van der Waals surface area contributed by atoms with Crippen LogP contribution >= 0.6 is 0 Å². The minimum absolute atomic E-state index is 0.0600. The van der Waals surface area contributed by atoms with E-state index in [0.717, 1.165) is 0 Å². The highest BCUT2D eigenvalue weighted by atomic mass is 15.6. The second-order valence-corrected chi connectivity index (χ2v) is 1.83. The average Bonchev–Trinajstić information content (AvgIpc) is 2.34. The zero-order valence-corrected chi connectivity index (χ0v) is 5.34. The van der Waals surface area contributed by atoms with Crippen molar-refractivity contribution in [1.82, 2.24) is 30.0 Å². The first-order valence-electron chi connectivity index (χ1n) is 2.74. The van der Waals surface area contributed by atoms with E-state index in [1.54, 1.807) is 0 Å². The van der Waals surface area contributed by atoms with Crippen LogP contribution in [-0.4, -0.2) is 30.0 Å². The Kier molecular flexibility index (Phi) is 0.916. The van der Waals surface area contributed by atoms with Crippen molar-refractivity contribution in [3.05, 3.63) is 0 Å². The molecule has 0 spiro atoms. The van der Waals surface area contributed by atoms with Gasteiger partial charge in [-0.05, 0) is 10.4 Å². The van der Waals surface area contributed by atoms with Crippen molar-refractivity contribution in [2.75, 3.05) is 11.5 Å². The Morgan fingerprint density at radius 3 is 2.82 bits per heavy atom. The third-order valence-electron chi connectivity index (χ3n) is 1.11. The van der Waals surface area contributed by atoms with E-state index >= 15 is 0 Å². The van der Waals surface area contributed by atoms with Crippen molar-refractivity contribution in [1.29, 1.82) is 0 Å². The van der Waals surface area contributed by atoms with Gasteiger partial charge in [-0.15, -0.1) is 4.52 Å². The monoisotopic (exact) mass is 152 g/mol. The maximum absolute atomic E-state index is 5.39. The summed E-state index contributed by atoms with van der Waals surface area (Å²) >= 11 is 0. The fourth-order valence-electron chi connectivity index (χ4n) is 0.693. The fraction of sp³-hybridized carbons (Fsp3) is 0. The summed E-state index contributed by atoms with van der Waals surface area (Å²) in [5, 5.41) is 10.4. The molecule has 0 atom stereocenters. The van der Waals surface area contributed by atoms with Gasteiger partial charge in [0.15, 0.2) is 0 Å². The molecule has 0 bridgehead atoms. The van der Waals surface area contributed by atoms with Gasteiger partial charge in [-0.2, -0.15) is 9.97 Å². The summed E-state index contributed by atoms with van der Waals surface area (Å²) < 4.78 is 1.19. The van der Waals surface area contributed by atoms with E-state index in [4.69, 9.17) is 11.5 Å². The van der Waals surface area contributed by atoms with Crippen molar-refractivity contribution in [3.63, 3.8) is 0 Å². The molecule has 0 fully saturated rings. The Hall–Kier alpha value is -1.99. The second-order valence-electron chi connectivity index (χ2n) is 1.83. The molecule has 2 rings (SSSR count). The zero-order chi connectivity index (χ0) is 7.84. The van der Waals surface area contributed by atoms with Gasteiger partial charge in [0.05, 0.1) is 0 Å². The van der Waals surface area contributed by atoms with E-state index in [9.17, 15) is 0 Å². The molecular formula is C3H4N8. The number of tetrazole rings is 1. The van der Waals surface area contributed by atoms with Gasteiger partial charge in [-0.25, -0.2) is 0 Å². The molecule has 2 heterocycles. The molecular weight excluding hydrogens is 148 g/mol. The molecule has 0 saturated carbocycles. The summed E-state index contributed by atoms with van der Waals surface area (Å²) in [6.45, 7) is 0. The van der Waals surface area contributed by atoms with Crippen LogP contribution in [0.2, 0.25) is 0 Å². The summed E-state index contributed by atoms with van der Waals surface area (Å²) in [6.07, 6.45) is 0. The van der Waals surface area contributed by atoms with Crippen molar-refractivity contribution in [2.45, 2.75) is 0 Å². The Labute approximate surface area is 60.2 Å². The van der Waals surface area contributed by atoms with Gasteiger partial charge in [0.25, 0.3) is 5.78 Å². The number of nitrogen functional groups attached to an aromatic ring is 2. The Morgan fingerprint density at radius 1 is 1.18 bits per heavy atom. The van der Waals surface area contributed by atoms with Gasteiger partial charge in [0, 0.05) is 0 Å². The molecule has 2 aromatic heterocycles. The lowest BCUT2D eigenvalue weighted by Gasteiger charge is -1.94. The minimum Gasteiger partial charge on any atom is -0.368 e. The maximum atomic E-state index is 5.39. The Morgan fingerprint density at radius 2 is 2.00 bits per heavy atom. The first kappa shape index (κ1) is 5.77. The van der Waals surface area contributed by atoms with Crippen LogP contribution in [-0.2, 0) is 0 Å². The smallest absolute Gasteiger partial charge is 0.279 e. The molecule has 0 aromatic carbocycles. The molecule has 0 aliphatic carbocycles. The van der Waals surface area contributed by atoms with Crippen LogP contribution < -0.4 is 11.5 Å². The summed E-state index contributed by atoms with van der Waals surface area (Å²) in [6, 6.07) is 0. The highest BCUT2D eigenvalue weighted by Crippen LogP contribution is 1.99. The predicted octanol–water partition coefficient (Wildman–Crippen LogP) is -1.92.